The van der Waals surface area contributed by atoms with Gasteiger partial charge in [0.15, 0.2) is 0 Å². The number of likely N-dealkylation sites (tertiary alicyclic amines) is 1. The van der Waals surface area contributed by atoms with E-state index < -0.39 is 0 Å². The maximum Gasteiger partial charge on any atom is 0.310 e. The van der Waals surface area contributed by atoms with E-state index in [4.69, 9.17) is 4.74 Å². The molecule has 2 heterocycles. The number of esters is 1. The van der Waals surface area contributed by atoms with E-state index in [1.807, 2.05) is 6.92 Å². The lowest BCUT2D eigenvalue weighted by Gasteiger charge is -2.31. The monoisotopic (exact) mass is 326 g/mol. The zero-order chi connectivity index (χ0) is 15.9. The molecule has 1 aromatic heterocycles. The number of ether oxygens (including phenoxy) is 1. The number of nitrogens with one attached hydrogen (secondary N) is 1. The summed E-state index contributed by atoms with van der Waals surface area (Å²) in [7, 11) is 0. The van der Waals surface area contributed by atoms with Crippen LogP contribution in [-0.2, 0) is 20.7 Å². The first-order valence-corrected chi connectivity index (χ1v) is 8.61. The minimum atomic E-state index is -0.200. The molecule has 0 spiro atoms. The van der Waals surface area contributed by atoms with Crippen LogP contribution >= 0.6 is 11.8 Å². The minimum Gasteiger partial charge on any atom is -0.466 e. The molecule has 1 fully saturated rings. The zero-order valence-electron chi connectivity index (χ0n) is 13.0. The van der Waals surface area contributed by atoms with Crippen molar-refractivity contribution in [3.05, 3.63) is 5.82 Å². The number of aromatic nitrogens is 3. The first kappa shape index (κ1) is 16.8. The third-order valence-corrected chi connectivity index (χ3v) is 4.40. The van der Waals surface area contributed by atoms with Crippen molar-refractivity contribution in [1.29, 1.82) is 0 Å². The predicted molar refractivity (Wildman–Crippen MR) is 82.4 cm³/mol. The van der Waals surface area contributed by atoms with E-state index in [2.05, 4.69) is 15.2 Å². The fraction of sp³-hybridized carbons (Fsp3) is 0.714. The average Bonchev–Trinajstić information content (AvgIpc) is 3.01. The molecule has 8 heteroatoms. The third kappa shape index (κ3) is 4.46. The van der Waals surface area contributed by atoms with Crippen LogP contribution in [-0.4, -0.2) is 57.4 Å². The van der Waals surface area contributed by atoms with Gasteiger partial charge >= 0.3 is 5.97 Å². The molecule has 1 N–H and O–H groups in total. The molecule has 1 atom stereocenters. The number of aryl methyl sites for hydroxylation is 1. The summed E-state index contributed by atoms with van der Waals surface area (Å²) in [5, 5.41) is 7.47. The Bertz CT molecular complexity index is 520. The summed E-state index contributed by atoms with van der Waals surface area (Å²) in [6.07, 6.45) is 2.41. The molecule has 0 saturated carbocycles. The van der Waals surface area contributed by atoms with Gasteiger partial charge in [-0.2, -0.15) is 0 Å². The summed E-state index contributed by atoms with van der Waals surface area (Å²) in [6.45, 7) is 5.31. The molecule has 1 aliphatic heterocycles. The molecule has 7 nitrogen and oxygen atoms in total. The number of H-pyrrole nitrogens is 1. The van der Waals surface area contributed by atoms with Gasteiger partial charge in [0.05, 0.1) is 18.3 Å². The summed E-state index contributed by atoms with van der Waals surface area (Å²) in [5.74, 6) is 0.723. The van der Waals surface area contributed by atoms with Crippen LogP contribution in [0.1, 0.15) is 32.5 Å². The molecular formula is C14H22N4O3S. The number of piperidine rings is 1. The van der Waals surface area contributed by atoms with Gasteiger partial charge in [-0.25, -0.2) is 4.98 Å². The summed E-state index contributed by atoms with van der Waals surface area (Å²) < 4.78 is 5.05. The predicted octanol–water partition coefficient (Wildman–Crippen LogP) is 1.26. The van der Waals surface area contributed by atoms with Gasteiger partial charge in [0.2, 0.25) is 11.1 Å². The lowest BCUT2D eigenvalue weighted by Crippen LogP contribution is -2.43. The topological polar surface area (TPSA) is 88.2 Å². The molecule has 2 rings (SSSR count). The number of carbonyl (C=O) groups excluding carboxylic acids is 2. The number of rotatable bonds is 6. The molecule has 0 bridgehead atoms. The maximum absolute atomic E-state index is 12.3. The van der Waals surface area contributed by atoms with Crippen LogP contribution in [0.15, 0.2) is 5.16 Å². The van der Waals surface area contributed by atoms with Gasteiger partial charge in [0, 0.05) is 19.5 Å². The van der Waals surface area contributed by atoms with E-state index in [0.717, 1.165) is 25.1 Å². The summed E-state index contributed by atoms with van der Waals surface area (Å²) >= 11 is 1.32. The minimum absolute atomic E-state index is 0.0156. The van der Waals surface area contributed by atoms with Crippen LogP contribution in [0.2, 0.25) is 0 Å². The quantitative estimate of drug-likeness (QED) is 0.625. The highest BCUT2D eigenvalue weighted by Crippen LogP contribution is 2.20. The van der Waals surface area contributed by atoms with E-state index in [1.165, 1.54) is 11.8 Å². The summed E-state index contributed by atoms with van der Waals surface area (Å²) in [5.41, 5.74) is 0. The molecule has 0 aromatic carbocycles. The highest BCUT2D eigenvalue weighted by Gasteiger charge is 2.29. The Morgan fingerprint density at radius 1 is 1.45 bits per heavy atom. The van der Waals surface area contributed by atoms with Crippen molar-refractivity contribution in [3.8, 4) is 0 Å². The molecule has 0 radical (unpaired) electrons. The van der Waals surface area contributed by atoms with Crippen LogP contribution in [0.4, 0.5) is 0 Å². The number of hydrogen-bond acceptors (Lipinski definition) is 6. The number of amides is 1. The van der Waals surface area contributed by atoms with Gasteiger partial charge in [0.25, 0.3) is 0 Å². The molecule has 1 unspecified atom stereocenters. The Morgan fingerprint density at radius 3 is 2.95 bits per heavy atom. The van der Waals surface area contributed by atoms with Crippen LogP contribution in [0.5, 0.6) is 0 Å². The molecule has 1 aromatic rings. The standard InChI is InChI=1S/C14H22N4O3S/c1-3-11-15-14(17-16-11)22-9-12(19)18-7-5-6-10(8-18)13(20)21-4-2/h10H,3-9H2,1-2H3,(H,15,16,17). The largest absolute Gasteiger partial charge is 0.466 e. The molecule has 122 valence electrons. The van der Waals surface area contributed by atoms with Crippen molar-refractivity contribution in [2.75, 3.05) is 25.4 Å². The van der Waals surface area contributed by atoms with Crippen LogP contribution in [0.3, 0.4) is 0 Å². The second-order valence-electron chi connectivity index (χ2n) is 5.14. The van der Waals surface area contributed by atoms with Gasteiger partial charge in [0.1, 0.15) is 5.82 Å². The fourth-order valence-corrected chi connectivity index (χ4v) is 3.09. The molecule has 1 amide bonds. The molecule has 22 heavy (non-hydrogen) atoms. The molecular weight excluding hydrogens is 304 g/mol. The first-order chi connectivity index (χ1) is 10.6. The van der Waals surface area contributed by atoms with Crippen LogP contribution < -0.4 is 0 Å². The van der Waals surface area contributed by atoms with Crippen LogP contribution in [0, 0.1) is 5.92 Å². The fourth-order valence-electron chi connectivity index (χ4n) is 2.37. The van der Waals surface area contributed by atoms with Crippen LogP contribution in [0.25, 0.3) is 0 Å². The highest BCUT2D eigenvalue weighted by atomic mass is 32.2. The Balaban J connectivity index is 1.82. The van der Waals surface area contributed by atoms with Crippen molar-refractivity contribution >= 4 is 23.6 Å². The van der Waals surface area contributed by atoms with Gasteiger partial charge in [-0.05, 0) is 19.8 Å². The van der Waals surface area contributed by atoms with Gasteiger partial charge in [-0.1, -0.05) is 18.7 Å². The van der Waals surface area contributed by atoms with E-state index in [1.54, 1.807) is 11.8 Å². The van der Waals surface area contributed by atoms with E-state index in [-0.39, 0.29) is 23.5 Å². The number of nitrogens with zero attached hydrogens (tertiary/aromatic N) is 3. The molecule has 1 aliphatic rings. The number of aromatic amines is 1. The maximum atomic E-state index is 12.3. The van der Waals surface area contributed by atoms with Crippen molar-refractivity contribution < 1.29 is 14.3 Å². The highest BCUT2D eigenvalue weighted by molar-refractivity contribution is 7.99. The smallest absolute Gasteiger partial charge is 0.310 e. The third-order valence-electron chi connectivity index (χ3n) is 3.56. The number of thioether (sulfide) groups is 1. The average molecular weight is 326 g/mol. The van der Waals surface area contributed by atoms with Crippen molar-refractivity contribution in [2.45, 2.75) is 38.3 Å². The van der Waals surface area contributed by atoms with E-state index in [9.17, 15) is 9.59 Å². The Hall–Kier alpha value is -1.57. The normalized spacial score (nSPS) is 18.3. The van der Waals surface area contributed by atoms with Gasteiger partial charge < -0.3 is 9.64 Å². The first-order valence-electron chi connectivity index (χ1n) is 7.62. The second kappa shape index (κ2) is 8.17. The number of hydrogen-bond donors (Lipinski definition) is 1. The van der Waals surface area contributed by atoms with Crippen molar-refractivity contribution in [3.63, 3.8) is 0 Å². The lowest BCUT2D eigenvalue weighted by atomic mass is 9.98. The molecule has 0 aliphatic carbocycles. The van der Waals surface area contributed by atoms with Crippen molar-refractivity contribution in [1.82, 2.24) is 20.1 Å². The zero-order valence-corrected chi connectivity index (χ0v) is 13.8. The van der Waals surface area contributed by atoms with E-state index >= 15 is 0 Å². The second-order valence-corrected chi connectivity index (χ2v) is 6.08. The Labute approximate surface area is 134 Å². The SMILES string of the molecule is CCOC(=O)C1CCCN(C(=O)CSc2n[nH]c(CC)n2)C1. The number of carbonyl (C=O) groups is 2. The van der Waals surface area contributed by atoms with Crippen molar-refractivity contribution in [2.24, 2.45) is 5.92 Å². The van der Waals surface area contributed by atoms with Gasteiger partial charge in [-0.3, -0.25) is 14.7 Å². The van der Waals surface area contributed by atoms with Gasteiger partial charge in [-0.15, -0.1) is 5.10 Å². The molecule has 1 saturated heterocycles. The lowest BCUT2D eigenvalue weighted by molar-refractivity contribution is -0.151. The van der Waals surface area contributed by atoms with E-state index in [0.29, 0.717) is 24.9 Å². The Morgan fingerprint density at radius 2 is 2.27 bits per heavy atom. The Kier molecular flexibility index (Phi) is 6.23. The summed E-state index contributed by atoms with van der Waals surface area (Å²) in [4.78, 5) is 30.1. The summed E-state index contributed by atoms with van der Waals surface area (Å²) in [6, 6.07) is 0.